The smallest absolute Gasteiger partial charge is 0.0931 e. The first kappa shape index (κ1) is 11.8. The molecule has 2 heterocycles. The molecule has 15 heavy (non-hydrogen) atoms. The maximum Gasteiger partial charge on any atom is 0.0931 e. The molecule has 1 unspecified atom stereocenters. The molecule has 0 spiro atoms. The van der Waals surface area contributed by atoms with E-state index in [0.29, 0.717) is 0 Å². The Hall–Kier alpha value is 0.300. The Morgan fingerprint density at radius 3 is 2.73 bits per heavy atom. The van der Waals surface area contributed by atoms with Crippen LogP contribution >= 0.6 is 34.7 Å². The molecule has 1 atom stereocenters. The minimum Gasteiger partial charge on any atom is -0.323 e. The number of thiophene rings is 1. The Bertz CT molecular complexity index is 307. The summed E-state index contributed by atoms with van der Waals surface area (Å²) in [4.78, 5) is 1.23. The lowest BCUT2D eigenvalue weighted by atomic mass is 9.94. The van der Waals surface area contributed by atoms with E-state index in [2.05, 4.69) is 17.8 Å². The van der Waals surface area contributed by atoms with Crippen molar-refractivity contribution in [1.29, 1.82) is 0 Å². The summed E-state index contributed by atoms with van der Waals surface area (Å²) in [5.74, 6) is 3.44. The Morgan fingerprint density at radius 2 is 2.13 bits per heavy atom. The van der Waals surface area contributed by atoms with Crippen LogP contribution in [-0.4, -0.2) is 11.5 Å². The molecule has 0 amide bonds. The van der Waals surface area contributed by atoms with Crippen LogP contribution in [0, 0.1) is 5.92 Å². The average Bonchev–Trinajstić information content (AvgIpc) is 2.66. The number of thioether (sulfide) groups is 1. The van der Waals surface area contributed by atoms with Gasteiger partial charge in [0.05, 0.1) is 4.34 Å². The lowest BCUT2D eigenvalue weighted by Gasteiger charge is -2.23. The molecule has 0 bridgehead atoms. The zero-order valence-corrected chi connectivity index (χ0v) is 11.0. The van der Waals surface area contributed by atoms with Gasteiger partial charge in [0.15, 0.2) is 0 Å². The van der Waals surface area contributed by atoms with Gasteiger partial charge in [-0.15, -0.1) is 11.3 Å². The maximum absolute atomic E-state index is 6.18. The standard InChI is InChI=1S/C11H16ClNS2/c12-11-2-1-10(15-11)9(13)7-8-3-5-14-6-4-8/h1-2,8-9H,3-7,13H2. The highest BCUT2D eigenvalue weighted by Crippen LogP contribution is 2.33. The van der Waals surface area contributed by atoms with Crippen molar-refractivity contribution in [2.24, 2.45) is 11.7 Å². The van der Waals surface area contributed by atoms with Crippen molar-refractivity contribution in [2.75, 3.05) is 11.5 Å². The van der Waals surface area contributed by atoms with Crippen molar-refractivity contribution in [1.82, 2.24) is 0 Å². The third-order valence-electron chi connectivity index (χ3n) is 2.89. The number of rotatable bonds is 3. The summed E-state index contributed by atoms with van der Waals surface area (Å²) < 4.78 is 0.847. The Kier molecular flexibility index (Phi) is 4.38. The van der Waals surface area contributed by atoms with E-state index >= 15 is 0 Å². The fraction of sp³-hybridized carbons (Fsp3) is 0.636. The van der Waals surface area contributed by atoms with E-state index in [1.54, 1.807) is 11.3 Å². The summed E-state index contributed by atoms with van der Waals surface area (Å²) in [6, 6.07) is 4.20. The molecule has 2 N–H and O–H groups in total. The number of hydrogen-bond donors (Lipinski definition) is 1. The van der Waals surface area contributed by atoms with Crippen LogP contribution in [0.15, 0.2) is 12.1 Å². The van der Waals surface area contributed by atoms with Crippen LogP contribution in [0.4, 0.5) is 0 Å². The zero-order chi connectivity index (χ0) is 10.7. The highest BCUT2D eigenvalue weighted by Gasteiger charge is 2.18. The minimum atomic E-state index is 0.190. The average molecular weight is 262 g/mol. The van der Waals surface area contributed by atoms with Gasteiger partial charge in [-0.05, 0) is 48.8 Å². The van der Waals surface area contributed by atoms with Gasteiger partial charge in [0, 0.05) is 10.9 Å². The van der Waals surface area contributed by atoms with E-state index in [4.69, 9.17) is 17.3 Å². The van der Waals surface area contributed by atoms with Gasteiger partial charge in [0.1, 0.15) is 0 Å². The van der Waals surface area contributed by atoms with Gasteiger partial charge < -0.3 is 5.73 Å². The van der Waals surface area contributed by atoms with Crippen LogP contribution in [-0.2, 0) is 0 Å². The van der Waals surface area contributed by atoms with Gasteiger partial charge in [-0.2, -0.15) is 11.8 Å². The molecule has 1 nitrogen and oxygen atoms in total. The highest BCUT2D eigenvalue weighted by atomic mass is 35.5. The zero-order valence-electron chi connectivity index (χ0n) is 8.62. The third kappa shape index (κ3) is 3.38. The lowest BCUT2D eigenvalue weighted by molar-refractivity contribution is 0.415. The molecule has 1 aromatic rings. The molecule has 1 aromatic heterocycles. The Balaban J connectivity index is 1.88. The molecule has 0 radical (unpaired) electrons. The summed E-state index contributed by atoms with van der Waals surface area (Å²) in [5.41, 5.74) is 6.18. The molecule has 1 fully saturated rings. The van der Waals surface area contributed by atoms with E-state index in [0.717, 1.165) is 16.7 Å². The first-order chi connectivity index (χ1) is 7.25. The quantitative estimate of drug-likeness (QED) is 0.892. The number of nitrogens with two attached hydrogens (primary N) is 1. The van der Waals surface area contributed by atoms with Crippen molar-refractivity contribution in [3.05, 3.63) is 21.3 Å². The van der Waals surface area contributed by atoms with Crippen molar-refractivity contribution in [2.45, 2.75) is 25.3 Å². The molecule has 1 aliphatic rings. The summed E-state index contributed by atoms with van der Waals surface area (Å²) in [5, 5.41) is 0. The molecule has 1 aliphatic heterocycles. The second-order valence-corrected chi connectivity index (χ2v) is 7.01. The van der Waals surface area contributed by atoms with Gasteiger partial charge in [-0.3, -0.25) is 0 Å². The summed E-state index contributed by atoms with van der Waals surface area (Å²) in [7, 11) is 0. The maximum atomic E-state index is 6.18. The molecule has 0 aliphatic carbocycles. The van der Waals surface area contributed by atoms with E-state index < -0.39 is 0 Å². The van der Waals surface area contributed by atoms with Crippen molar-refractivity contribution < 1.29 is 0 Å². The normalized spacial score (nSPS) is 20.4. The molecular weight excluding hydrogens is 246 g/mol. The summed E-state index contributed by atoms with van der Waals surface area (Å²) >= 11 is 9.59. The second kappa shape index (κ2) is 5.58. The number of halogens is 1. The Morgan fingerprint density at radius 1 is 1.40 bits per heavy atom. The van der Waals surface area contributed by atoms with Crippen LogP contribution in [0.5, 0.6) is 0 Å². The van der Waals surface area contributed by atoms with Crippen LogP contribution in [0.2, 0.25) is 4.34 Å². The van der Waals surface area contributed by atoms with E-state index in [1.807, 2.05) is 6.07 Å². The fourth-order valence-electron chi connectivity index (χ4n) is 1.98. The summed E-state index contributed by atoms with van der Waals surface area (Å²) in [6.45, 7) is 0. The van der Waals surface area contributed by atoms with Gasteiger partial charge in [-0.25, -0.2) is 0 Å². The monoisotopic (exact) mass is 261 g/mol. The molecular formula is C11H16ClNS2. The van der Waals surface area contributed by atoms with Crippen LogP contribution in [0.3, 0.4) is 0 Å². The van der Waals surface area contributed by atoms with E-state index in [1.165, 1.54) is 29.2 Å². The largest absolute Gasteiger partial charge is 0.323 e. The highest BCUT2D eigenvalue weighted by molar-refractivity contribution is 7.99. The molecule has 2 rings (SSSR count). The predicted molar refractivity (Wildman–Crippen MR) is 70.9 cm³/mol. The molecule has 4 heteroatoms. The molecule has 1 saturated heterocycles. The first-order valence-electron chi connectivity index (χ1n) is 5.34. The lowest BCUT2D eigenvalue weighted by Crippen LogP contribution is -2.17. The minimum absolute atomic E-state index is 0.190. The number of hydrogen-bond acceptors (Lipinski definition) is 3. The van der Waals surface area contributed by atoms with Crippen LogP contribution < -0.4 is 5.73 Å². The van der Waals surface area contributed by atoms with E-state index in [9.17, 15) is 0 Å². The van der Waals surface area contributed by atoms with Gasteiger partial charge in [0.25, 0.3) is 0 Å². The predicted octanol–water partition coefficient (Wildman–Crippen LogP) is 3.93. The summed E-state index contributed by atoms with van der Waals surface area (Å²) in [6.07, 6.45) is 3.78. The van der Waals surface area contributed by atoms with Gasteiger partial charge in [0.2, 0.25) is 0 Å². The molecule has 0 aromatic carbocycles. The topological polar surface area (TPSA) is 26.0 Å². The first-order valence-corrected chi connectivity index (χ1v) is 7.69. The molecule has 0 saturated carbocycles. The molecule has 84 valence electrons. The van der Waals surface area contributed by atoms with Crippen molar-refractivity contribution in [3.8, 4) is 0 Å². The van der Waals surface area contributed by atoms with Crippen LogP contribution in [0.25, 0.3) is 0 Å². The third-order valence-corrected chi connectivity index (χ3v) is 5.30. The van der Waals surface area contributed by atoms with E-state index in [-0.39, 0.29) is 6.04 Å². The Labute approximate surface area is 104 Å². The SMILES string of the molecule is NC(CC1CCSCC1)c1ccc(Cl)s1. The van der Waals surface area contributed by atoms with Gasteiger partial charge in [-0.1, -0.05) is 11.6 Å². The van der Waals surface area contributed by atoms with Crippen molar-refractivity contribution in [3.63, 3.8) is 0 Å². The van der Waals surface area contributed by atoms with Crippen LogP contribution in [0.1, 0.15) is 30.2 Å². The fourth-order valence-corrected chi connectivity index (χ4v) is 4.26. The second-order valence-electron chi connectivity index (χ2n) is 4.04. The van der Waals surface area contributed by atoms with Gasteiger partial charge >= 0.3 is 0 Å². The van der Waals surface area contributed by atoms with Crippen molar-refractivity contribution >= 4 is 34.7 Å².